The van der Waals surface area contributed by atoms with Gasteiger partial charge in [0.05, 0.1) is 0 Å². The highest BCUT2D eigenvalue weighted by Crippen LogP contribution is 2.21. The third kappa shape index (κ3) is 14.9. The molecule has 1 heterocycles. The summed E-state index contributed by atoms with van der Waals surface area (Å²) in [6.45, 7) is 9.45. The van der Waals surface area contributed by atoms with Crippen LogP contribution in [0.25, 0.3) is 0 Å². The van der Waals surface area contributed by atoms with Gasteiger partial charge < -0.3 is 9.80 Å². The fourth-order valence-corrected chi connectivity index (χ4v) is 5.04. The summed E-state index contributed by atoms with van der Waals surface area (Å²) in [5, 5.41) is 0. The second kappa shape index (κ2) is 21.2. The molecule has 1 atom stereocenters. The van der Waals surface area contributed by atoms with Crippen molar-refractivity contribution < 1.29 is 0 Å². The zero-order valence-corrected chi connectivity index (χ0v) is 21.9. The van der Waals surface area contributed by atoms with E-state index in [1.807, 2.05) is 0 Å². The summed E-state index contributed by atoms with van der Waals surface area (Å²) in [5.74, 6) is 0. The summed E-state index contributed by atoms with van der Waals surface area (Å²) in [5.41, 5.74) is 0. The zero-order chi connectivity index (χ0) is 22.4. The van der Waals surface area contributed by atoms with Gasteiger partial charge in [0.25, 0.3) is 0 Å². The lowest BCUT2D eigenvalue weighted by Gasteiger charge is -2.32. The van der Waals surface area contributed by atoms with Gasteiger partial charge in [0.1, 0.15) is 6.17 Å². The molecule has 184 valence electrons. The van der Waals surface area contributed by atoms with Gasteiger partial charge in [-0.2, -0.15) is 0 Å². The molecule has 0 spiro atoms. The molecule has 2 heteroatoms. The Bertz CT molecular complexity index is 392. The van der Waals surface area contributed by atoms with Gasteiger partial charge in [-0.3, -0.25) is 0 Å². The first kappa shape index (κ1) is 28.4. The highest BCUT2D eigenvalue weighted by atomic mass is 15.4. The van der Waals surface area contributed by atoms with Crippen LogP contribution in [0.1, 0.15) is 156 Å². The van der Waals surface area contributed by atoms with E-state index in [4.69, 9.17) is 0 Å². The van der Waals surface area contributed by atoms with Crippen molar-refractivity contribution in [1.29, 1.82) is 0 Å². The summed E-state index contributed by atoms with van der Waals surface area (Å²) in [4.78, 5) is 5.22. The smallest absolute Gasteiger partial charge is 0.100 e. The maximum atomic E-state index is 2.61. The minimum absolute atomic E-state index is 0.623. The first-order chi connectivity index (χ1) is 15.3. The normalized spacial score (nSPS) is 16.0. The molecule has 0 amide bonds. The minimum Gasteiger partial charge on any atom is -0.356 e. The second-order valence-corrected chi connectivity index (χ2v) is 10.0. The van der Waals surface area contributed by atoms with Gasteiger partial charge in [-0.15, -0.1) is 0 Å². The molecule has 31 heavy (non-hydrogen) atoms. The lowest BCUT2D eigenvalue weighted by atomic mass is 10.0. The molecule has 2 nitrogen and oxygen atoms in total. The molecule has 1 aliphatic heterocycles. The van der Waals surface area contributed by atoms with E-state index in [0.29, 0.717) is 6.17 Å². The number of hydrogen-bond acceptors (Lipinski definition) is 2. The number of nitrogens with zero attached hydrogens (tertiary/aromatic N) is 2. The van der Waals surface area contributed by atoms with Crippen LogP contribution >= 0.6 is 0 Å². The molecule has 1 rings (SSSR count). The Labute approximate surface area is 197 Å². The molecule has 1 unspecified atom stereocenters. The largest absolute Gasteiger partial charge is 0.356 e. The molecular weight excluding hydrogens is 376 g/mol. The van der Waals surface area contributed by atoms with E-state index in [0.717, 1.165) is 0 Å². The Balaban J connectivity index is 1.94. The number of unbranched alkanes of at least 4 members (excludes halogenated alkanes) is 18. The Hall–Kier alpha value is -0.660. The number of rotatable bonds is 23. The number of hydrogen-bond donors (Lipinski definition) is 0. The van der Waals surface area contributed by atoms with Gasteiger partial charge in [-0.25, -0.2) is 0 Å². The third-order valence-corrected chi connectivity index (χ3v) is 7.12. The van der Waals surface area contributed by atoms with E-state index >= 15 is 0 Å². The van der Waals surface area contributed by atoms with Crippen molar-refractivity contribution >= 4 is 0 Å². The average Bonchev–Trinajstić information content (AvgIpc) is 3.18. The maximum Gasteiger partial charge on any atom is 0.100 e. The Morgan fingerprint density at radius 3 is 1.00 bits per heavy atom. The van der Waals surface area contributed by atoms with Crippen molar-refractivity contribution in [3.63, 3.8) is 0 Å². The van der Waals surface area contributed by atoms with Gasteiger partial charge in [-0.1, -0.05) is 136 Å². The van der Waals surface area contributed by atoms with Crippen LogP contribution in [0.15, 0.2) is 12.4 Å². The summed E-state index contributed by atoms with van der Waals surface area (Å²) >= 11 is 0. The zero-order valence-electron chi connectivity index (χ0n) is 21.9. The van der Waals surface area contributed by atoms with E-state index in [1.54, 1.807) is 0 Å². The van der Waals surface area contributed by atoms with Crippen LogP contribution < -0.4 is 0 Å². The van der Waals surface area contributed by atoms with E-state index in [-0.39, 0.29) is 0 Å². The van der Waals surface area contributed by atoms with Crippen molar-refractivity contribution in [2.24, 2.45) is 0 Å². The molecule has 0 N–H and O–H groups in total. The van der Waals surface area contributed by atoms with Gasteiger partial charge in [0.15, 0.2) is 0 Å². The van der Waals surface area contributed by atoms with Crippen LogP contribution in [0.5, 0.6) is 0 Å². The van der Waals surface area contributed by atoms with E-state index in [9.17, 15) is 0 Å². The van der Waals surface area contributed by atoms with Gasteiger partial charge in [0, 0.05) is 25.5 Å². The van der Waals surface area contributed by atoms with Crippen LogP contribution in [-0.2, 0) is 0 Å². The second-order valence-electron chi connectivity index (χ2n) is 10.0. The predicted molar refractivity (Wildman–Crippen MR) is 140 cm³/mol. The van der Waals surface area contributed by atoms with Gasteiger partial charge in [-0.05, 0) is 19.3 Å². The fraction of sp³-hybridized carbons (Fsp3) is 0.931. The topological polar surface area (TPSA) is 6.48 Å². The SMILES string of the molecule is CCCCCCCCCCCCCCCN1C=CN(CCCCCCCCC)C1CC. The van der Waals surface area contributed by atoms with Crippen molar-refractivity contribution in [2.75, 3.05) is 13.1 Å². The quantitative estimate of drug-likeness (QED) is 0.148. The summed E-state index contributed by atoms with van der Waals surface area (Å²) in [6, 6.07) is 0. The standard InChI is InChI=1S/C29H58N2/c1-4-7-9-11-13-14-15-16-17-18-20-22-24-26-31-28-27-30(29(31)6-3)25-23-21-19-12-10-8-5-2/h27-29H,4-26H2,1-3H3. The van der Waals surface area contributed by atoms with E-state index < -0.39 is 0 Å². The third-order valence-electron chi connectivity index (χ3n) is 7.12. The minimum atomic E-state index is 0.623. The molecule has 0 aromatic heterocycles. The first-order valence-electron chi connectivity index (χ1n) is 14.5. The van der Waals surface area contributed by atoms with Crippen LogP contribution in [0, 0.1) is 0 Å². The van der Waals surface area contributed by atoms with Crippen molar-refractivity contribution in [3.05, 3.63) is 12.4 Å². The molecular formula is C29H58N2. The van der Waals surface area contributed by atoms with Crippen molar-refractivity contribution in [2.45, 2.75) is 162 Å². The molecule has 0 aromatic carbocycles. The Morgan fingerprint density at radius 2 is 0.710 bits per heavy atom. The van der Waals surface area contributed by atoms with Crippen LogP contribution in [0.3, 0.4) is 0 Å². The molecule has 0 aliphatic carbocycles. The summed E-state index contributed by atoms with van der Waals surface area (Å²) < 4.78 is 0. The maximum absolute atomic E-state index is 2.61. The first-order valence-corrected chi connectivity index (χ1v) is 14.5. The molecule has 0 radical (unpaired) electrons. The molecule has 1 aliphatic rings. The molecule has 0 bridgehead atoms. The van der Waals surface area contributed by atoms with Crippen LogP contribution in [0.4, 0.5) is 0 Å². The molecule has 0 fully saturated rings. The molecule has 0 saturated heterocycles. The van der Waals surface area contributed by atoms with Gasteiger partial charge >= 0.3 is 0 Å². The van der Waals surface area contributed by atoms with Crippen molar-refractivity contribution in [1.82, 2.24) is 9.80 Å². The van der Waals surface area contributed by atoms with Crippen LogP contribution in [0.2, 0.25) is 0 Å². The Kier molecular flexibility index (Phi) is 19.4. The van der Waals surface area contributed by atoms with E-state index in [1.165, 1.54) is 148 Å². The lowest BCUT2D eigenvalue weighted by molar-refractivity contribution is 0.144. The lowest BCUT2D eigenvalue weighted by Crippen LogP contribution is -2.38. The van der Waals surface area contributed by atoms with E-state index in [2.05, 4.69) is 43.0 Å². The fourth-order valence-electron chi connectivity index (χ4n) is 5.04. The highest BCUT2D eigenvalue weighted by Gasteiger charge is 2.23. The Morgan fingerprint density at radius 1 is 0.419 bits per heavy atom. The van der Waals surface area contributed by atoms with Gasteiger partial charge in [0.2, 0.25) is 0 Å². The molecule has 0 aromatic rings. The van der Waals surface area contributed by atoms with Crippen LogP contribution in [-0.4, -0.2) is 29.1 Å². The monoisotopic (exact) mass is 434 g/mol. The highest BCUT2D eigenvalue weighted by molar-refractivity contribution is 4.96. The van der Waals surface area contributed by atoms with Crippen molar-refractivity contribution in [3.8, 4) is 0 Å². The molecule has 0 saturated carbocycles. The summed E-state index contributed by atoms with van der Waals surface area (Å²) in [7, 11) is 0. The summed E-state index contributed by atoms with van der Waals surface area (Å²) in [6.07, 6.45) is 35.2. The average molecular weight is 435 g/mol. The predicted octanol–water partition coefficient (Wildman–Crippen LogP) is 9.65.